The Balaban J connectivity index is 0.00000420. The quantitative estimate of drug-likeness (QED) is 0.118. The summed E-state index contributed by atoms with van der Waals surface area (Å²) in [5, 5.41) is 16.3. The van der Waals surface area contributed by atoms with E-state index in [2.05, 4.69) is 15.5 Å². The zero-order valence-corrected chi connectivity index (χ0v) is 16.4. The van der Waals surface area contributed by atoms with Crippen molar-refractivity contribution in [3.8, 4) is 0 Å². The predicted molar refractivity (Wildman–Crippen MR) is 103 cm³/mol. The Hall–Kier alpha value is -1.78. The summed E-state index contributed by atoms with van der Waals surface area (Å²) in [7, 11) is -4.76. The number of oxime groups is 1. The molecule has 0 spiro atoms. The Morgan fingerprint density at radius 1 is 1.45 bits per heavy atom. The number of carboxylic acid groups (broad SMARTS) is 1. The molecule has 1 aliphatic rings. The molecule has 0 radical (unpaired) electrons. The van der Waals surface area contributed by atoms with Crippen LogP contribution in [0.1, 0.15) is 26.5 Å². The third-order valence-electron chi connectivity index (χ3n) is 3.73. The molecule has 2 atom stereocenters. The van der Waals surface area contributed by atoms with Crippen LogP contribution in [0.3, 0.4) is 0 Å². The monoisotopic (exact) mass is 459 g/mol. The number of nitrogens with one attached hydrogen (secondary N) is 1. The van der Waals surface area contributed by atoms with Crippen LogP contribution in [0.15, 0.2) is 10.5 Å². The molecular formula is C13H18N5NaO8S2. The van der Waals surface area contributed by atoms with Gasteiger partial charge >= 0.3 is 45.8 Å². The Morgan fingerprint density at radius 2 is 2.03 bits per heavy atom. The normalized spacial score (nSPS) is 19.8. The van der Waals surface area contributed by atoms with Gasteiger partial charge in [-0.15, -0.1) is 11.3 Å². The number of hydrogen-bond donors (Lipinski definition) is 4. The molecule has 0 aromatic carbocycles. The number of aromatic nitrogens is 1. The van der Waals surface area contributed by atoms with Crippen LogP contribution in [0.2, 0.25) is 0 Å². The van der Waals surface area contributed by atoms with Crippen molar-refractivity contribution >= 4 is 79.8 Å². The summed E-state index contributed by atoms with van der Waals surface area (Å²) in [4.78, 5) is 44.4. The molecule has 0 saturated carbocycles. The Morgan fingerprint density at radius 3 is 2.45 bits per heavy atom. The van der Waals surface area contributed by atoms with Gasteiger partial charge in [-0.05, 0) is 20.8 Å². The van der Waals surface area contributed by atoms with Crippen molar-refractivity contribution in [3.05, 3.63) is 11.1 Å². The van der Waals surface area contributed by atoms with Gasteiger partial charge in [0.2, 0.25) is 5.60 Å². The van der Waals surface area contributed by atoms with Gasteiger partial charge in [0.25, 0.3) is 11.8 Å². The molecule has 5 N–H and O–H groups in total. The van der Waals surface area contributed by atoms with Crippen molar-refractivity contribution in [2.75, 3.05) is 5.73 Å². The molecule has 156 valence electrons. The Bertz CT molecular complexity index is 960. The van der Waals surface area contributed by atoms with E-state index in [1.807, 2.05) is 0 Å². The maximum absolute atomic E-state index is 12.6. The van der Waals surface area contributed by atoms with E-state index in [1.165, 1.54) is 26.2 Å². The van der Waals surface area contributed by atoms with E-state index >= 15 is 0 Å². The van der Waals surface area contributed by atoms with Gasteiger partial charge < -0.3 is 21.0 Å². The second-order valence-corrected chi connectivity index (χ2v) is 8.40. The molecule has 2 amide bonds. The van der Waals surface area contributed by atoms with Crippen LogP contribution >= 0.6 is 11.3 Å². The zero-order valence-electron chi connectivity index (χ0n) is 14.8. The van der Waals surface area contributed by atoms with Gasteiger partial charge in [-0.25, -0.2) is 14.1 Å². The molecule has 0 bridgehead atoms. The fourth-order valence-corrected chi connectivity index (χ4v) is 3.54. The summed E-state index contributed by atoms with van der Waals surface area (Å²) in [6, 6.07) is -2.31. The molecule has 2 heterocycles. The molecule has 1 saturated heterocycles. The van der Waals surface area contributed by atoms with Crippen LogP contribution in [-0.4, -0.2) is 98.1 Å². The summed E-state index contributed by atoms with van der Waals surface area (Å²) < 4.78 is 31.4. The molecule has 1 aromatic rings. The second-order valence-electron chi connectivity index (χ2n) is 6.22. The van der Waals surface area contributed by atoms with Crippen molar-refractivity contribution in [3.63, 3.8) is 0 Å². The number of thiazole rings is 1. The van der Waals surface area contributed by atoms with Gasteiger partial charge in [0, 0.05) is 5.38 Å². The van der Waals surface area contributed by atoms with Crippen molar-refractivity contribution < 1.29 is 37.3 Å². The molecule has 0 unspecified atom stereocenters. The third-order valence-corrected chi connectivity index (χ3v) is 5.41. The molecule has 1 aromatic heterocycles. The second kappa shape index (κ2) is 8.93. The van der Waals surface area contributed by atoms with Gasteiger partial charge in [-0.3, -0.25) is 14.1 Å². The standard InChI is InChI=1S/C13H17N5O8S2.Na.H/c1-5-7(10(20)18(5)28(23,24)25)16-9(19)8(6-4-27-12(14)15-6)17-26-13(2,3)11(21)22;;/h4-5,7H,1-3H3,(H2,14,15)(H,16,19)(H,21,22)(H,23,24,25);;/b17-8-;;/t5-,7+;;/m1../s1. The fraction of sp³-hybridized carbons (Fsp3) is 0.462. The van der Waals surface area contributed by atoms with Crippen molar-refractivity contribution in [1.29, 1.82) is 0 Å². The number of carbonyl (C=O) groups is 3. The summed E-state index contributed by atoms with van der Waals surface area (Å²) >= 11 is 0.980. The topological polar surface area (TPSA) is 202 Å². The SMILES string of the molecule is C[C@@H]1[C@H](NC(=O)/C(=N\OC(C)(C)C(=O)O)c2csc(N)n2)C(=O)N1S(=O)(=O)O.[NaH]. The number of rotatable bonds is 7. The van der Waals surface area contributed by atoms with E-state index < -0.39 is 51.5 Å². The van der Waals surface area contributed by atoms with Crippen molar-refractivity contribution in [1.82, 2.24) is 14.6 Å². The predicted octanol–water partition coefficient (Wildman–Crippen LogP) is -1.82. The molecule has 16 heteroatoms. The summed E-state index contributed by atoms with van der Waals surface area (Å²) in [6.07, 6.45) is 0. The van der Waals surface area contributed by atoms with Crippen molar-refractivity contribution in [2.24, 2.45) is 5.16 Å². The van der Waals surface area contributed by atoms with Crippen LogP contribution in [0.25, 0.3) is 0 Å². The van der Waals surface area contributed by atoms with E-state index in [0.717, 1.165) is 11.3 Å². The van der Waals surface area contributed by atoms with E-state index in [-0.39, 0.29) is 44.7 Å². The number of nitrogens with zero attached hydrogens (tertiary/aromatic N) is 3. The van der Waals surface area contributed by atoms with E-state index in [4.69, 9.17) is 20.2 Å². The number of carbonyl (C=O) groups excluding carboxylic acids is 2. The minimum absolute atomic E-state index is 0. The third kappa shape index (κ3) is 5.43. The van der Waals surface area contributed by atoms with Gasteiger partial charge in [0.05, 0.1) is 6.04 Å². The van der Waals surface area contributed by atoms with Crippen LogP contribution in [0, 0.1) is 0 Å². The number of nitrogens with two attached hydrogens (primary N) is 1. The number of nitrogen functional groups attached to an aromatic ring is 1. The average molecular weight is 459 g/mol. The van der Waals surface area contributed by atoms with Crippen LogP contribution in [-0.2, 0) is 29.5 Å². The van der Waals surface area contributed by atoms with Gasteiger partial charge in [0.15, 0.2) is 10.8 Å². The first-order chi connectivity index (χ1) is 12.8. The Labute approximate surface area is 191 Å². The molecule has 1 aliphatic heterocycles. The fourth-order valence-electron chi connectivity index (χ4n) is 2.11. The van der Waals surface area contributed by atoms with E-state index in [0.29, 0.717) is 0 Å². The molecule has 1 fully saturated rings. The average Bonchev–Trinajstić information content (AvgIpc) is 2.97. The van der Waals surface area contributed by atoms with Crippen molar-refractivity contribution in [2.45, 2.75) is 38.5 Å². The maximum atomic E-state index is 12.6. The summed E-state index contributed by atoms with van der Waals surface area (Å²) in [5.41, 5.74) is 3.26. The molecule has 0 aliphatic carbocycles. The first-order valence-corrected chi connectivity index (χ1v) is 9.86. The molecular weight excluding hydrogens is 441 g/mol. The van der Waals surface area contributed by atoms with Gasteiger partial charge in [0.1, 0.15) is 11.7 Å². The Kier molecular flexibility index (Phi) is 7.78. The number of amides is 2. The number of aliphatic carboxylic acids is 1. The minimum atomic E-state index is -4.76. The molecule has 2 rings (SSSR count). The molecule has 29 heavy (non-hydrogen) atoms. The van der Waals surface area contributed by atoms with Crippen LogP contribution < -0.4 is 11.1 Å². The van der Waals surface area contributed by atoms with Gasteiger partial charge in [-0.2, -0.15) is 8.42 Å². The first kappa shape index (κ1) is 25.3. The van der Waals surface area contributed by atoms with E-state index in [9.17, 15) is 22.8 Å². The number of anilines is 1. The number of carboxylic acids is 1. The van der Waals surface area contributed by atoms with Gasteiger partial charge in [-0.1, -0.05) is 5.16 Å². The van der Waals surface area contributed by atoms with Crippen LogP contribution in [0.4, 0.5) is 5.13 Å². The summed E-state index contributed by atoms with van der Waals surface area (Å²) in [5.74, 6) is -3.38. The number of hydrogen-bond acceptors (Lipinski definition) is 10. The first-order valence-electron chi connectivity index (χ1n) is 7.58. The van der Waals surface area contributed by atoms with E-state index in [1.54, 1.807) is 0 Å². The zero-order chi connectivity index (χ0) is 21.4. The molecule has 13 nitrogen and oxygen atoms in total. The summed E-state index contributed by atoms with van der Waals surface area (Å²) in [6.45, 7) is 3.69. The number of β-lactam (4-membered cyclic amide) rings is 1. The van der Waals surface area contributed by atoms with Crippen LogP contribution in [0.5, 0.6) is 0 Å².